The van der Waals surface area contributed by atoms with Gasteiger partial charge in [-0.25, -0.2) is 9.59 Å². The first-order valence-corrected chi connectivity index (χ1v) is 16.9. The molecular formula is C34H63NO6. The highest BCUT2D eigenvalue weighted by molar-refractivity contribution is 5.77. The van der Waals surface area contributed by atoms with Crippen molar-refractivity contribution in [3.63, 3.8) is 0 Å². The van der Waals surface area contributed by atoms with E-state index in [2.05, 4.69) is 19.1 Å². The summed E-state index contributed by atoms with van der Waals surface area (Å²) in [5, 5.41) is 32.1. The van der Waals surface area contributed by atoms with Gasteiger partial charge in [0.05, 0.1) is 12.5 Å². The lowest BCUT2D eigenvalue weighted by atomic mass is 9.94. The number of carboxylic acids is 3. The molecule has 0 saturated heterocycles. The summed E-state index contributed by atoms with van der Waals surface area (Å²) in [4.78, 5) is 36.6. The molecule has 0 radical (unpaired) electrons. The minimum atomic E-state index is -1.38. The number of allylic oxidation sites excluding steroid dienone is 2. The maximum Gasteiger partial charge on any atom is 0.362 e. The molecule has 0 spiro atoms. The van der Waals surface area contributed by atoms with Gasteiger partial charge in [0.15, 0.2) is 12.1 Å². The second kappa shape index (κ2) is 24.7. The van der Waals surface area contributed by atoms with Crippen molar-refractivity contribution in [2.45, 2.75) is 181 Å². The summed E-state index contributed by atoms with van der Waals surface area (Å²) in [6.07, 6.45) is 26.8. The Kier molecular flexibility index (Phi) is 23.5. The summed E-state index contributed by atoms with van der Waals surface area (Å²) in [7, 11) is 0. The number of quaternary nitrogens is 1. The highest BCUT2D eigenvalue weighted by atomic mass is 16.4. The fourth-order valence-corrected chi connectivity index (χ4v) is 6.60. The zero-order chi connectivity index (χ0) is 30.9. The minimum Gasteiger partial charge on any atom is -0.544 e. The number of carbonyl (C=O) groups is 3. The summed E-state index contributed by atoms with van der Waals surface area (Å²) >= 11 is 0. The smallest absolute Gasteiger partial charge is 0.362 e. The van der Waals surface area contributed by atoms with Crippen LogP contribution in [0.3, 0.4) is 0 Å². The topological polar surface area (TPSA) is 115 Å². The molecule has 7 heteroatoms. The maximum absolute atomic E-state index is 12.2. The molecule has 41 heavy (non-hydrogen) atoms. The van der Waals surface area contributed by atoms with Crippen LogP contribution in [0.15, 0.2) is 12.2 Å². The van der Waals surface area contributed by atoms with Crippen molar-refractivity contribution in [3.05, 3.63) is 12.2 Å². The van der Waals surface area contributed by atoms with Crippen LogP contribution in [0.2, 0.25) is 0 Å². The van der Waals surface area contributed by atoms with Crippen molar-refractivity contribution in [1.82, 2.24) is 0 Å². The summed E-state index contributed by atoms with van der Waals surface area (Å²) in [6.45, 7) is 7.48. The SMILES string of the molecule is CCCCCCCCCCCCCCCC/C=C/CCCC[N+](C(CC)C(=O)[O-])(C(CC)C(=O)O)C(CC)C(=O)O. The third kappa shape index (κ3) is 15.2. The molecule has 7 nitrogen and oxygen atoms in total. The number of hydrogen-bond acceptors (Lipinski definition) is 4. The van der Waals surface area contributed by atoms with E-state index in [1.54, 1.807) is 20.8 Å². The molecule has 0 bridgehead atoms. The van der Waals surface area contributed by atoms with Crippen LogP contribution < -0.4 is 5.11 Å². The molecule has 0 fully saturated rings. The highest BCUT2D eigenvalue weighted by Gasteiger charge is 2.53. The molecule has 0 aliphatic rings. The van der Waals surface area contributed by atoms with Crippen LogP contribution in [-0.2, 0) is 14.4 Å². The molecule has 3 atom stereocenters. The molecule has 0 rings (SSSR count). The van der Waals surface area contributed by atoms with Crippen LogP contribution in [0.1, 0.15) is 163 Å². The van der Waals surface area contributed by atoms with Crippen LogP contribution in [0.4, 0.5) is 0 Å². The number of carbonyl (C=O) groups excluding carboxylic acids is 1. The first kappa shape index (κ1) is 39.1. The molecule has 0 aromatic carbocycles. The van der Waals surface area contributed by atoms with E-state index < -0.39 is 40.5 Å². The summed E-state index contributed by atoms with van der Waals surface area (Å²) < 4.78 is -0.487. The standard InChI is InChI=1S/C34H63NO6/c1-5-9-10-11-12-13-14-15-16-17-18-19-20-21-22-23-24-25-26-27-28-35(29(6-2)32(36)37,30(7-3)33(38)39)31(8-4)34(40)41/h23-24,29-31H,5-22,25-28H2,1-4H3,(H2-,36,37,38,39,40,41)/b24-23+. The van der Waals surface area contributed by atoms with E-state index in [0.717, 1.165) is 19.3 Å². The molecule has 0 aromatic heterocycles. The zero-order valence-corrected chi connectivity index (χ0v) is 26.9. The summed E-state index contributed by atoms with van der Waals surface area (Å²) in [5.74, 6) is -3.68. The molecule has 0 aliphatic heterocycles. The van der Waals surface area contributed by atoms with E-state index in [9.17, 15) is 29.7 Å². The molecule has 2 N–H and O–H groups in total. The zero-order valence-electron chi connectivity index (χ0n) is 26.9. The van der Waals surface area contributed by atoms with Crippen LogP contribution in [0, 0.1) is 0 Å². The van der Waals surface area contributed by atoms with Gasteiger partial charge in [-0.15, -0.1) is 0 Å². The third-order valence-electron chi connectivity index (χ3n) is 8.80. The Balaban J connectivity index is 4.49. The van der Waals surface area contributed by atoms with Crippen molar-refractivity contribution in [2.24, 2.45) is 0 Å². The van der Waals surface area contributed by atoms with Gasteiger partial charge < -0.3 is 20.1 Å². The van der Waals surface area contributed by atoms with Crippen molar-refractivity contribution in [3.8, 4) is 0 Å². The van der Waals surface area contributed by atoms with Crippen LogP contribution in [-0.4, -0.2) is 57.3 Å². The lowest BCUT2D eigenvalue weighted by molar-refractivity contribution is -0.974. The van der Waals surface area contributed by atoms with E-state index in [-0.39, 0.29) is 25.8 Å². The van der Waals surface area contributed by atoms with Gasteiger partial charge in [-0.05, 0) is 32.1 Å². The largest absolute Gasteiger partial charge is 0.544 e. The van der Waals surface area contributed by atoms with Gasteiger partial charge >= 0.3 is 11.9 Å². The average Bonchev–Trinajstić information content (AvgIpc) is 2.92. The first-order chi connectivity index (χ1) is 19.7. The summed E-state index contributed by atoms with van der Waals surface area (Å²) in [5.41, 5.74) is 0. The number of carboxylic acid groups (broad SMARTS) is 3. The van der Waals surface area contributed by atoms with Crippen molar-refractivity contribution >= 4 is 17.9 Å². The molecule has 0 heterocycles. The second-order valence-electron chi connectivity index (χ2n) is 11.8. The average molecular weight is 582 g/mol. The fourth-order valence-electron chi connectivity index (χ4n) is 6.60. The van der Waals surface area contributed by atoms with E-state index >= 15 is 0 Å². The normalized spacial score (nSPS) is 15.4. The first-order valence-electron chi connectivity index (χ1n) is 16.9. The Labute approximate surface area is 251 Å². The fraction of sp³-hybridized carbons (Fsp3) is 0.853. The molecular weight excluding hydrogens is 518 g/mol. The molecule has 0 amide bonds. The lowest BCUT2D eigenvalue weighted by Gasteiger charge is -2.51. The van der Waals surface area contributed by atoms with E-state index in [1.165, 1.54) is 89.9 Å². The molecule has 0 aliphatic carbocycles. The number of aliphatic carboxylic acids is 3. The Bertz CT molecular complexity index is 667. The lowest BCUT2D eigenvalue weighted by Crippen LogP contribution is -2.73. The van der Waals surface area contributed by atoms with E-state index in [0.29, 0.717) is 6.42 Å². The van der Waals surface area contributed by atoms with Gasteiger partial charge in [-0.3, -0.25) is 4.48 Å². The predicted molar refractivity (Wildman–Crippen MR) is 166 cm³/mol. The summed E-state index contributed by atoms with van der Waals surface area (Å²) in [6, 6.07) is -3.42. The molecule has 3 unspecified atom stereocenters. The predicted octanol–water partition coefficient (Wildman–Crippen LogP) is 7.66. The van der Waals surface area contributed by atoms with Gasteiger partial charge in [0.25, 0.3) is 0 Å². The van der Waals surface area contributed by atoms with Crippen molar-refractivity contribution < 1.29 is 34.2 Å². The number of unbranched alkanes of at least 4 members (excludes halogenated alkanes) is 16. The van der Waals surface area contributed by atoms with Gasteiger partial charge in [-0.2, -0.15) is 0 Å². The Morgan fingerprint density at radius 3 is 1.22 bits per heavy atom. The van der Waals surface area contributed by atoms with Crippen LogP contribution >= 0.6 is 0 Å². The van der Waals surface area contributed by atoms with Gasteiger partial charge in [0, 0.05) is 19.3 Å². The minimum absolute atomic E-state index is 0.120. The van der Waals surface area contributed by atoms with E-state index in [4.69, 9.17) is 0 Å². The van der Waals surface area contributed by atoms with Crippen molar-refractivity contribution in [1.29, 1.82) is 0 Å². The van der Waals surface area contributed by atoms with Gasteiger partial charge in [0.1, 0.15) is 6.04 Å². The maximum atomic E-state index is 12.2. The van der Waals surface area contributed by atoms with Crippen LogP contribution in [0.25, 0.3) is 0 Å². The molecule has 240 valence electrons. The molecule has 0 aromatic rings. The Morgan fingerprint density at radius 2 is 0.902 bits per heavy atom. The number of hydrogen-bond donors (Lipinski definition) is 2. The van der Waals surface area contributed by atoms with Gasteiger partial charge in [0.2, 0.25) is 0 Å². The Hall–Kier alpha value is -1.89. The quantitative estimate of drug-likeness (QED) is 0.0532. The van der Waals surface area contributed by atoms with Gasteiger partial charge in [-0.1, -0.05) is 123 Å². The molecule has 0 saturated carbocycles. The second-order valence-corrected chi connectivity index (χ2v) is 11.8. The number of nitrogens with zero attached hydrogens (tertiary/aromatic N) is 1. The van der Waals surface area contributed by atoms with Crippen LogP contribution in [0.5, 0.6) is 0 Å². The van der Waals surface area contributed by atoms with E-state index in [1.807, 2.05) is 0 Å². The van der Waals surface area contributed by atoms with Crippen molar-refractivity contribution in [2.75, 3.05) is 6.54 Å². The monoisotopic (exact) mass is 581 g/mol. The third-order valence-corrected chi connectivity index (χ3v) is 8.80. The highest BCUT2D eigenvalue weighted by Crippen LogP contribution is 2.32. The number of rotatable bonds is 29. The Morgan fingerprint density at radius 1 is 0.561 bits per heavy atom.